The fourth-order valence-corrected chi connectivity index (χ4v) is 2.96. The van der Waals surface area contributed by atoms with Crippen LogP contribution < -0.4 is 5.32 Å². The van der Waals surface area contributed by atoms with Crippen LogP contribution in [-0.2, 0) is 13.0 Å². The van der Waals surface area contributed by atoms with Crippen molar-refractivity contribution in [3.63, 3.8) is 0 Å². The largest absolute Gasteiger partial charge is 0.314 e. The van der Waals surface area contributed by atoms with E-state index in [2.05, 4.69) is 39.4 Å². The number of nitrogens with one attached hydrogen (secondary N) is 1. The van der Waals surface area contributed by atoms with Gasteiger partial charge in [0, 0.05) is 52.4 Å². The summed E-state index contributed by atoms with van der Waals surface area (Å²) in [5.41, 5.74) is 3.08. The second-order valence-electron chi connectivity index (χ2n) is 5.39. The van der Waals surface area contributed by atoms with Crippen molar-refractivity contribution in [1.82, 2.24) is 15.1 Å². The van der Waals surface area contributed by atoms with Crippen LogP contribution in [0.3, 0.4) is 0 Å². The maximum atomic E-state index is 3.41. The van der Waals surface area contributed by atoms with E-state index in [9.17, 15) is 0 Å². The molecule has 3 nitrogen and oxygen atoms in total. The standard InChI is InChI=1S/C15H23N3.2ClH/c1-2-4-15-13-18(8-5-14(15)3-1)12-11-17-9-6-16-7-10-17;;/h1-4,16H,5-13H2;2*1H. The molecule has 0 aliphatic carbocycles. The van der Waals surface area contributed by atoms with Gasteiger partial charge in [-0.15, -0.1) is 24.8 Å². The maximum absolute atomic E-state index is 3.41. The Labute approximate surface area is 134 Å². The smallest absolute Gasteiger partial charge is 0.0237 e. The summed E-state index contributed by atoms with van der Waals surface area (Å²) in [7, 11) is 0. The molecule has 1 fully saturated rings. The molecule has 1 aromatic rings. The molecule has 0 spiro atoms. The molecule has 114 valence electrons. The first-order valence-corrected chi connectivity index (χ1v) is 7.14. The van der Waals surface area contributed by atoms with E-state index >= 15 is 0 Å². The van der Waals surface area contributed by atoms with Crippen LogP contribution >= 0.6 is 24.8 Å². The van der Waals surface area contributed by atoms with Gasteiger partial charge in [-0.25, -0.2) is 0 Å². The van der Waals surface area contributed by atoms with Gasteiger partial charge >= 0.3 is 0 Å². The Morgan fingerprint density at radius 1 is 0.850 bits per heavy atom. The minimum atomic E-state index is 0. The molecule has 20 heavy (non-hydrogen) atoms. The number of benzene rings is 1. The molecular weight excluding hydrogens is 293 g/mol. The summed E-state index contributed by atoms with van der Waals surface area (Å²) in [4.78, 5) is 5.18. The van der Waals surface area contributed by atoms with Crippen LogP contribution in [0.1, 0.15) is 11.1 Å². The summed E-state index contributed by atoms with van der Waals surface area (Å²) in [6.45, 7) is 9.55. The summed E-state index contributed by atoms with van der Waals surface area (Å²) in [6, 6.07) is 8.89. The zero-order valence-corrected chi connectivity index (χ0v) is 13.5. The average Bonchev–Trinajstić information content (AvgIpc) is 2.46. The van der Waals surface area contributed by atoms with Crippen molar-refractivity contribution in [2.24, 2.45) is 0 Å². The number of hydrogen-bond acceptors (Lipinski definition) is 3. The highest BCUT2D eigenvalue weighted by molar-refractivity contribution is 5.85. The average molecular weight is 318 g/mol. The van der Waals surface area contributed by atoms with E-state index < -0.39 is 0 Å². The van der Waals surface area contributed by atoms with E-state index in [0.29, 0.717) is 0 Å². The Hall–Kier alpha value is -0.320. The highest BCUT2D eigenvalue weighted by atomic mass is 35.5. The molecule has 2 aliphatic rings. The van der Waals surface area contributed by atoms with Gasteiger partial charge in [-0.2, -0.15) is 0 Å². The lowest BCUT2D eigenvalue weighted by Gasteiger charge is -2.32. The van der Waals surface area contributed by atoms with E-state index in [-0.39, 0.29) is 24.8 Å². The lowest BCUT2D eigenvalue weighted by Crippen LogP contribution is -2.46. The zero-order chi connectivity index (χ0) is 12.2. The lowest BCUT2D eigenvalue weighted by molar-refractivity contribution is 0.180. The Bertz CT molecular complexity index is 394. The van der Waals surface area contributed by atoms with Crippen LogP contribution in [0, 0.1) is 0 Å². The number of hydrogen-bond donors (Lipinski definition) is 1. The zero-order valence-electron chi connectivity index (χ0n) is 11.9. The second-order valence-corrected chi connectivity index (χ2v) is 5.39. The van der Waals surface area contributed by atoms with Crippen LogP contribution in [0.4, 0.5) is 0 Å². The SMILES string of the molecule is Cl.Cl.c1ccc2c(c1)CCN(CCN1CCNCC1)C2. The molecule has 0 aromatic heterocycles. The summed E-state index contributed by atoms with van der Waals surface area (Å²) in [6.07, 6.45) is 1.22. The summed E-state index contributed by atoms with van der Waals surface area (Å²) < 4.78 is 0. The number of halogens is 2. The minimum Gasteiger partial charge on any atom is -0.314 e. The van der Waals surface area contributed by atoms with E-state index in [4.69, 9.17) is 0 Å². The Morgan fingerprint density at radius 3 is 2.25 bits per heavy atom. The van der Waals surface area contributed by atoms with Gasteiger partial charge in [-0.05, 0) is 17.5 Å². The maximum Gasteiger partial charge on any atom is 0.0237 e. The fourth-order valence-electron chi connectivity index (χ4n) is 2.96. The molecule has 1 saturated heterocycles. The molecule has 3 rings (SSSR count). The number of piperazine rings is 1. The van der Waals surface area contributed by atoms with Crippen LogP contribution in [0.5, 0.6) is 0 Å². The van der Waals surface area contributed by atoms with Gasteiger partial charge in [-0.1, -0.05) is 24.3 Å². The van der Waals surface area contributed by atoms with Crippen LogP contribution in [-0.4, -0.2) is 55.6 Å². The lowest BCUT2D eigenvalue weighted by atomic mass is 10.00. The highest BCUT2D eigenvalue weighted by Crippen LogP contribution is 2.18. The Balaban J connectivity index is 0.000001000. The van der Waals surface area contributed by atoms with Crippen LogP contribution in [0.2, 0.25) is 0 Å². The highest BCUT2D eigenvalue weighted by Gasteiger charge is 2.16. The van der Waals surface area contributed by atoms with Crippen molar-refractivity contribution >= 4 is 24.8 Å². The first-order valence-electron chi connectivity index (χ1n) is 7.14. The van der Waals surface area contributed by atoms with Crippen molar-refractivity contribution in [3.8, 4) is 0 Å². The van der Waals surface area contributed by atoms with Crippen molar-refractivity contribution in [1.29, 1.82) is 0 Å². The molecule has 5 heteroatoms. The number of rotatable bonds is 3. The van der Waals surface area contributed by atoms with Crippen LogP contribution in [0.25, 0.3) is 0 Å². The third-order valence-corrected chi connectivity index (χ3v) is 4.15. The van der Waals surface area contributed by atoms with Crippen molar-refractivity contribution in [2.45, 2.75) is 13.0 Å². The number of nitrogens with zero attached hydrogens (tertiary/aromatic N) is 2. The third kappa shape index (κ3) is 4.61. The molecule has 0 amide bonds. The molecule has 0 bridgehead atoms. The van der Waals surface area contributed by atoms with Gasteiger partial charge in [-0.3, -0.25) is 9.80 Å². The van der Waals surface area contributed by atoms with Crippen molar-refractivity contribution in [2.75, 3.05) is 45.8 Å². The predicted octanol–water partition coefficient (Wildman–Crippen LogP) is 1.79. The predicted molar refractivity (Wildman–Crippen MR) is 89.2 cm³/mol. The second kappa shape index (κ2) is 8.85. The minimum absolute atomic E-state index is 0. The summed E-state index contributed by atoms with van der Waals surface area (Å²) >= 11 is 0. The molecule has 0 saturated carbocycles. The normalized spacial score (nSPS) is 19.6. The van der Waals surface area contributed by atoms with Crippen LogP contribution in [0.15, 0.2) is 24.3 Å². The molecule has 0 radical (unpaired) electrons. The quantitative estimate of drug-likeness (QED) is 0.917. The van der Waals surface area contributed by atoms with Gasteiger partial charge < -0.3 is 5.32 Å². The van der Waals surface area contributed by atoms with E-state index in [1.54, 1.807) is 5.56 Å². The number of fused-ring (bicyclic) bond motifs is 1. The Morgan fingerprint density at radius 2 is 1.50 bits per heavy atom. The van der Waals surface area contributed by atoms with Gasteiger partial charge in [0.15, 0.2) is 0 Å². The Kier molecular flexibility index (Phi) is 7.85. The first-order chi connectivity index (χ1) is 8.92. The van der Waals surface area contributed by atoms with E-state index in [1.165, 1.54) is 44.7 Å². The molecule has 1 aromatic carbocycles. The molecule has 2 heterocycles. The van der Waals surface area contributed by atoms with Gasteiger partial charge in [0.25, 0.3) is 0 Å². The van der Waals surface area contributed by atoms with Gasteiger partial charge in [0.2, 0.25) is 0 Å². The third-order valence-electron chi connectivity index (χ3n) is 4.15. The van der Waals surface area contributed by atoms with Crippen molar-refractivity contribution in [3.05, 3.63) is 35.4 Å². The first kappa shape index (κ1) is 17.7. The van der Waals surface area contributed by atoms with Gasteiger partial charge in [0.05, 0.1) is 0 Å². The van der Waals surface area contributed by atoms with Gasteiger partial charge in [0.1, 0.15) is 0 Å². The molecular formula is C15H25Cl2N3. The summed E-state index contributed by atoms with van der Waals surface area (Å²) in [5.74, 6) is 0. The topological polar surface area (TPSA) is 18.5 Å². The molecule has 0 atom stereocenters. The van der Waals surface area contributed by atoms with E-state index in [1.807, 2.05) is 0 Å². The summed E-state index contributed by atoms with van der Waals surface area (Å²) in [5, 5.41) is 3.41. The fraction of sp³-hybridized carbons (Fsp3) is 0.600. The van der Waals surface area contributed by atoms with Crippen molar-refractivity contribution < 1.29 is 0 Å². The molecule has 2 aliphatic heterocycles. The van der Waals surface area contributed by atoms with E-state index in [0.717, 1.165) is 19.6 Å². The molecule has 1 N–H and O–H groups in total. The molecule has 0 unspecified atom stereocenters. The monoisotopic (exact) mass is 317 g/mol.